The van der Waals surface area contributed by atoms with Crippen LogP contribution in [0.25, 0.3) is 0 Å². The van der Waals surface area contributed by atoms with Gasteiger partial charge in [0.1, 0.15) is 11.7 Å². The molecule has 116 valence electrons. The summed E-state index contributed by atoms with van der Waals surface area (Å²) >= 11 is 1.64. The number of amidine groups is 1. The molecule has 1 saturated heterocycles. The van der Waals surface area contributed by atoms with Gasteiger partial charge in [-0.2, -0.15) is 0 Å². The highest BCUT2D eigenvalue weighted by molar-refractivity contribution is 8.01. The Labute approximate surface area is 126 Å². The normalized spacial score (nSPS) is 18.1. The maximum absolute atomic E-state index is 9.15. The van der Waals surface area contributed by atoms with Crippen LogP contribution in [-0.4, -0.2) is 73.0 Å². The number of hydrogen-bond donors (Lipinski definition) is 1. The van der Waals surface area contributed by atoms with E-state index >= 15 is 0 Å². The summed E-state index contributed by atoms with van der Waals surface area (Å²) in [4.78, 5) is 9.13. The maximum atomic E-state index is 9.15. The molecule has 1 aliphatic heterocycles. The fourth-order valence-corrected chi connectivity index (χ4v) is 2.55. The first-order chi connectivity index (χ1) is 9.72. The van der Waals surface area contributed by atoms with Crippen molar-refractivity contribution in [1.29, 1.82) is 0 Å². The molecule has 0 aliphatic carbocycles. The van der Waals surface area contributed by atoms with Gasteiger partial charge in [-0.15, -0.1) is 11.8 Å². The molecule has 5 nitrogen and oxygen atoms in total. The molecule has 1 heterocycles. The average Bonchev–Trinajstić information content (AvgIpc) is 2.73. The van der Waals surface area contributed by atoms with Crippen molar-refractivity contribution in [3.63, 3.8) is 0 Å². The molecule has 0 amide bonds. The molecule has 20 heavy (non-hydrogen) atoms. The van der Waals surface area contributed by atoms with Crippen LogP contribution < -0.4 is 0 Å². The molecular weight excluding hydrogens is 274 g/mol. The number of aliphatic imine (C=N–C) groups is 1. The Morgan fingerprint density at radius 1 is 1.45 bits per heavy atom. The lowest BCUT2D eigenvalue weighted by molar-refractivity contribution is 0.147. The number of aliphatic hydroxyl groups is 1. The Bertz CT molecular complexity index is 326. The molecule has 1 fully saturated rings. The van der Waals surface area contributed by atoms with Crippen LogP contribution in [0.3, 0.4) is 0 Å². The van der Waals surface area contributed by atoms with E-state index in [9.17, 15) is 0 Å². The van der Waals surface area contributed by atoms with Gasteiger partial charge in [0, 0.05) is 38.2 Å². The average molecular weight is 301 g/mol. The van der Waals surface area contributed by atoms with Gasteiger partial charge in [-0.3, -0.25) is 0 Å². The van der Waals surface area contributed by atoms with E-state index in [1.165, 1.54) is 0 Å². The van der Waals surface area contributed by atoms with E-state index in [0.29, 0.717) is 6.54 Å². The maximum Gasteiger partial charge on any atom is 0.137 e. The first-order valence-corrected chi connectivity index (χ1v) is 8.48. The van der Waals surface area contributed by atoms with Crippen LogP contribution in [0.2, 0.25) is 0 Å². The molecular formula is C14H27N3O2S. The molecule has 0 saturated carbocycles. The van der Waals surface area contributed by atoms with Crippen molar-refractivity contribution in [3.05, 3.63) is 11.2 Å². The predicted octanol–water partition coefficient (Wildman–Crippen LogP) is 1.60. The second kappa shape index (κ2) is 10.1. The van der Waals surface area contributed by atoms with E-state index in [-0.39, 0.29) is 6.61 Å². The topological polar surface area (TPSA) is 48.3 Å². The minimum atomic E-state index is 0.145. The van der Waals surface area contributed by atoms with Gasteiger partial charge >= 0.3 is 0 Å². The van der Waals surface area contributed by atoms with Gasteiger partial charge in [-0.05, 0) is 26.5 Å². The standard InChI is InChI=1S/C14H27N3O2S/c1-4-16(7-9-18)14(12-20-3)15-13(2)17-6-5-10-19-11-8-17/h12,18H,4-11H2,1-3H3/b14-12+,15-13?. The van der Waals surface area contributed by atoms with E-state index in [1.807, 2.05) is 18.6 Å². The van der Waals surface area contributed by atoms with Crippen LogP contribution in [0, 0.1) is 0 Å². The molecule has 0 aromatic heterocycles. The first-order valence-electron chi connectivity index (χ1n) is 7.19. The Kier molecular flexibility index (Phi) is 8.73. The van der Waals surface area contributed by atoms with Gasteiger partial charge in [-0.1, -0.05) is 0 Å². The minimum absolute atomic E-state index is 0.145. The molecule has 6 heteroatoms. The number of aliphatic hydroxyl groups excluding tert-OH is 1. The third-order valence-electron chi connectivity index (χ3n) is 3.26. The van der Waals surface area contributed by atoms with Gasteiger partial charge in [0.25, 0.3) is 0 Å². The highest BCUT2D eigenvalue weighted by atomic mass is 32.2. The summed E-state index contributed by atoms with van der Waals surface area (Å²) < 4.78 is 5.48. The van der Waals surface area contributed by atoms with Crippen molar-refractivity contribution < 1.29 is 9.84 Å². The second-order valence-electron chi connectivity index (χ2n) is 4.63. The number of thioether (sulfide) groups is 1. The fraction of sp³-hybridized carbons (Fsp3) is 0.786. The number of rotatable bonds is 6. The van der Waals surface area contributed by atoms with Crippen molar-refractivity contribution in [2.24, 2.45) is 4.99 Å². The van der Waals surface area contributed by atoms with Crippen molar-refractivity contribution >= 4 is 17.6 Å². The zero-order valence-electron chi connectivity index (χ0n) is 12.8. The Hall–Kier alpha value is -0.720. The first kappa shape index (κ1) is 17.3. The Morgan fingerprint density at radius 2 is 2.25 bits per heavy atom. The summed E-state index contributed by atoms with van der Waals surface area (Å²) in [6.07, 6.45) is 3.07. The summed E-state index contributed by atoms with van der Waals surface area (Å²) in [6, 6.07) is 0. The highest BCUT2D eigenvalue weighted by Crippen LogP contribution is 2.12. The number of likely N-dealkylation sites (N-methyl/N-ethyl adjacent to an activating group) is 1. The zero-order valence-corrected chi connectivity index (χ0v) is 13.7. The van der Waals surface area contributed by atoms with Crippen LogP contribution in [0.1, 0.15) is 20.3 Å². The van der Waals surface area contributed by atoms with Crippen molar-refractivity contribution in [1.82, 2.24) is 9.80 Å². The van der Waals surface area contributed by atoms with Crippen LogP contribution in [0.15, 0.2) is 16.2 Å². The molecule has 0 radical (unpaired) electrons. The molecule has 0 bridgehead atoms. The van der Waals surface area contributed by atoms with Gasteiger partial charge in [0.2, 0.25) is 0 Å². The monoisotopic (exact) mass is 301 g/mol. The van der Waals surface area contributed by atoms with Gasteiger partial charge < -0.3 is 19.6 Å². The minimum Gasteiger partial charge on any atom is -0.395 e. The third kappa shape index (κ3) is 5.73. The number of nitrogens with zero attached hydrogens (tertiary/aromatic N) is 3. The smallest absolute Gasteiger partial charge is 0.137 e. The van der Waals surface area contributed by atoms with Crippen molar-refractivity contribution in [3.8, 4) is 0 Å². The van der Waals surface area contributed by atoms with E-state index in [2.05, 4.69) is 16.7 Å². The van der Waals surface area contributed by atoms with Crippen molar-refractivity contribution in [2.75, 3.05) is 52.3 Å². The molecule has 1 N–H and O–H groups in total. The van der Waals surface area contributed by atoms with E-state index in [4.69, 9.17) is 14.8 Å². The van der Waals surface area contributed by atoms with Crippen LogP contribution in [0.4, 0.5) is 0 Å². The molecule has 0 aromatic rings. The summed E-state index contributed by atoms with van der Waals surface area (Å²) in [5.74, 6) is 1.95. The van der Waals surface area contributed by atoms with Gasteiger partial charge in [0.15, 0.2) is 0 Å². The Balaban J connectivity index is 2.79. The highest BCUT2D eigenvalue weighted by Gasteiger charge is 2.12. The lowest BCUT2D eigenvalue weighted by Crippen LogP contribution is -2.33. The second-order valence-corrected chi connectivity index (χ2v) is 5.33. The fourth-order valence-electron chi connectivity index (χ4n) is 2.14. The molecule has 0 spiro atoms. The van der Waals surface area contributed by atoms with Crippen molar-refractivity contribution in [2.45, 2.75) is 20.3 Å². The van der Waals surface area contributed by atoms with Gasteiger partial charge in [0.05, 0.1) is 13.2 Å². The molecule has 1 rings (SSSR count). The SMILES string of the molecule is CCN(CCO)/C(=C/SC)N=C(C)N1CCCOCC1. The van der Waals surface area contributed by atoms with E-state index in [1.54, 1.807) is 11.8 Å². The van der Waals surface area contributed by atoms with Crippen LogP contribution in [-0.2, 0) is 4.74 Å². The lowest BCUT2D eigenvalue weighted by Gasteiger charge is -2.26. The van der Waals surface area contributed by atoms with Gasteiger partial charge in [-0.25, -0.2) is 4.99 Å². The summed E-state index contributed by atoms with van der Waals surface area (Å²) in [5, 5.41) is 11.2. The van der Waals surface area contributed by atoms with Crippen LogP contribution in [0.5, 0.6) is 0 Å². The van der Waals surface area contributed by atoms with E-state index < -0.39 is 0 Å². The molecule has 0 unspecified atom stereocenters. The largest absolute Gasteiger partial charge is 0.395 e. The lowest BCUT2D eigenvalue weighted by atomic mass is 10.4. The number of ether oxygens (including phenoxy) is 1. The zero-order chi connectivity index (χ0) is 14.8. The summed E-state index contributed by atoms with van der Waals surface area (Å²) in [6.45, 7) is 9.22. The quantitative estimate of drug-likeness (QED) is 0.596. The van der Waals surface area contributed by atoms with Crippen LogP contribution >= 0.6 is 11.8 Å². The summed E-state index contributed by atoms with van der Waals surface area (Å²) in [5.41, 5.74) is 0. The third-order valence-corrected chi connectivity index (χ3v) is 3.70. The summed E-state index contributed by atoms with van der Waals surface area (Å²) in [7, 11) is 0. The molecule has 0 aromatic carbocycles. The molecule has 1 aliphatic rings. The van der Waals surface area contributed by atoms with E-state index in [0.717, 1.165) is 50.9 Å². The molecule has 0 atom stereocenters. The number of hydrogen-bond acceptors (Lipinski definition) is 5. The predicted molar refractivity (Wildman–Crippen MR) is 86.0 cm³/mol. The Morgan fingerprint density at radius 3 is 2.90 bits per heavy atom.